The van der Waals surface area contributed by atoms with E-state index < -0.39 is 5.97 Å². The van der Waals surface area contributed by atoms with E-state index in [1.165, 1.54) is 0 Å². The lowest BCUT2D eigenvalue weighted by Crippen LogP contribution is -2.05. The van der Waals surface area contributed by atoms with Crippen molar-refractivity contribution in [2.24, 2.45) is 4.99 Å². The molecule has 0 saturated heterocycles. The number of methoxy groups -OCH3 is 1. The van der Waals surface area contributed by atoms with Crippen LogP contribution in [0.5, 0.6) is 11.5 Å². The highest BCUT2D eigenvalue weighted by atomic mass is 35.5. The Hall–Kier alpha value is -3.31. The third-order valence-corrected chi connectivity index (χ3v) is 4.90. The number of halogens is 1. The molecule has 152 valence electrons. The summed E-state index contributed by atoms with van der Waals surface area (Å²) in [6.45, 7) is 2.54. The maximum atomic E-state index is 12.4. The summed E-state index contributed by atoms with van der Waals surface area (Å²) in [7, 11) is 1.54. The van der Waals surface area contributed by atoms with E-state index in [2.05, 4.69) is 4.99 Å². The number of fused-ring (bicyclic) bond motifs is 1. The predicted octanol–water partition coefficient (Wildman–Crippen LogP) is 5.64. The Balaban J connectivity index is 1.67. The zero-order valence-corrected chi connectivity index (χ0v) is 17.4. The molecule has 1 heterocycles. The molecule has 0 radical (unpaired) electrons. The minimum atomic E-state index is -0.514. The molecule has 1 aliphatic rings. The van der Waals surface area contributed by atoms with E-state index in [1.54, 1.807) is 25.3 Å². The average Bonchev–Trinajstić information content (AvgIpc) is 3.12. The number of hydrogen-bond acceptors (Lipinski definition) is 5. The Kier molecular flexibility index (Phi) is 5.72. The van der Waals surface area contributed by atoms with E-state index in [9.17, 15) is 4.79 Å². The Morgan fingerprint density at radius 2 is 1.90 bits per heavy atom. The first kappa shape index (κ1) is 20.0. The smallest absolute Gasteiger partial charge is 0.363 e. The number of hydrogen-bond donors (Lipinski definition) is 0. The molecule has 0 aliphatic carbocycles. The second-order valence-corrected chi connectivity index (χ2v) is 7.19. The maximum absolute atomic E-state index is 12.4. The molecule has 0 atom stereocenters. The van der Waals surface area contributed by atoms with Crippen LogP contribution in [0.2, 0.25) is 5.02 Å². The molecule has 0 aromatic heterocycles. The fraction of sp³-hybridized carbons (Fsp3) is 0.167. The summed E-state index contributed by atoms with van der Waals surface area (Å²) in [6.07, 6.45) is 2.47. The molecule has 0 amide bonds. The SMILES string of the molecule is CCCOc1c(Cl)cc(/C=C2\N=C(c3ccc4ccccc4c3)OC2=O)cc1OC. The molecule has 1 aliphatic heterocycles. The Morgan fingerprint density at radius 1 is 1.10 bits per heavy atom. The van der Waals surface area contributed by atoms with E-state index in [-0.39, 0.29) is 11.6 Å². The van der Waals surface area contributed by atoms with Gasteiger partial charge in [0.2, 0.25) is 5.90 Å². The summed E-state index contributed by atoms with van der Waals surface area (Å²) in [5, 5.41) is 2.55. The van der Waals surface area contributed by atoms with Gasteiger partial charge in [0.1, 0.15) is 0 Å². The lowest BCUT2D eigenvalue weighted by Gasteiger charge is -2.12. The number of rotatable bonds is 6. The molecule has 4 rings (SSSR count). The fourth-order valence-electron chi connectivity index (χ4n) is 3.18. The Morgan fingerprint density at radius 3 is 2.67 bits per heavy atom. The van der Waals surface area contributed by atoms with Gasteiger partial charge in [-0.1, -0.05) is 48.9 Å². The summed E-state index contributed by atoms with van der Waals surface area (Å²) < 4.78 is 16.5. The molecular weight excluding hydrogens is 402 g/mol. The molecule has 0 N–H and O–H groups in total. The summed E-state index contributed by atoms with van der Waals surface area (Å²) in [5.41, 5.74) is 1.60. The van der Waals surface area contributed by atoms with Crippen LogP contribution in [0.1, 0.15) is 24.5 Å². The molecule has 0 spiro atoms. The van der Waals surface area contributed by atoms with Crippen molar-refractivity contribution in [1.82, 2.24) is 0 Å². The molecule has 3 aromatic rings. The predicted molar refractivity (Wildman–Crippen MR) is 118 cm³/mol. The number of ether oxygens (including phenoxy) is 3. The van der Waals surface area contributed by atoms with Crippen LogP contribution in [0.25, 0.3) is 16.8 Å². The van der Waals surface area contributed by atoms with Gasteiger partial charge in [0.05, 0.1) is 18.7 Å². The van der Waals surface area contributed by atoms with Crippen molar-refractivity contribution in [2.75, 3.05) is 13.7 Å². The normalized spacial score (nSPS) is 14.7. The molecule has 0 saturated carbocycles. The van der Waals surface area contributed by atoms with Crippen molar-refractivity contribution in [3.8, 4) is 11.5 Å². The van der Waals surface area contributed by atoms with Gasteiger partial charge in [-0.05, 0) is 53.1 Å². The van der Waals surface area contributed by atoms with Crippen LogP contribution in [0, 0.1) is 0 Å². The highest BCUT2D eigenvalue weighted by Gasteiger charge is 2.24. The van der Waals surface area contributed by atoms with Crippen LogP contribution < -0.4 is 9.47 Å². The van der Waals surface area contributed by atoms with E-state index in [0.717, 1.165) is 22.8 Å². The van der Waals surface area contributed by atoms with E-state index in [0.29, 0.717) is 28.7 Å². The second kappa shape index (κ2) is 8.59. The van der Waals surface area contributed by atoms with Gasteiger partial charge < -0.3 is 14.2 Å². The molecule has 30 heavy (non-hydrogen) atoms. The number of benzene rings is 3. The van der Waals surface area contributed by atoms with Gasteiger partial charge in [-0.25, -0.2) is 9.79 Å². The van der Waals surface area contributed by atoms with Gasteiger partial charge in [-0.3, -0.25) is 0 Å². The van der Waals surface area contributed by atoms with Crippen molar-refractivity contribution >= 4 is 40.3 Å². The molecule has 0 fully saturated rings. The van der Waals surface area contributed by atoms with Gasteiger partial charge in [0.25, 0.3) is 0 Å². The summed E-state index contributed by atoms with van der Waals surface area (Å²) in [4.78, 5) is 16.8. The maximum Gasteiger partial charge on any atom is 0.363 e. The zero-order chi connectivity index (χ0) is 21.1. The molecular formula is C24H20ClNO4. The summed E-state index contributed by atoms with van der Waals surface area (Å²) >= 11 is 6.36. The summed E-state index contributed by atoms with van der Waals surface area (Å²) in [5.74, 6) is 0.739. The third kappa shape index (κ3) is 4.02. The van der Waals surface area contributed by atoms with Crippen molar-refractivity contribution in [3.05, 3.63) is 76.4 Å². The highest BCUT2D eigenvalue weighted by molar-refractivity contribution is 6.32. The number of aliphatic imine (C=N–C) groups is 1. The number of esters is 1. The average molecular weight is 422 g/mol. The number of carbonyl (C=O) groups excluding carboxylic acids is 1. The van der Waals surface area contributed by atoms with Crippen molar-refractivity contribution < 1.29 is 19.0 Å². The highest BCUT2D eigenvalue weighted by Crippen LogP contribution is 2.37. The lowest BCUT2D eigenvalue weighted by molar-refractivity contribution is -0.129. The largest absolute Gasteiger partial charge is 0.493 e. The van der Waals surface area contributed by atoms with Crippen molar-refractivity contribution in [3.63, 3.8) is 0 Å². The molecule has 0 bridgehead atoms. The monoisotopic (exact) mass is 421 g/mol. The van der Waals surface area contributed by atoms with E-state index in [4.69, 9.17) is 25.8 Å². The van der Waals surface area contributed by atoms with Crippen LogP contribution in [-0.4, -0.2) is 25.6 Å². The van der Waals surface area contributed by atoms with E-state index >= 15 is 0 Å². The van der Waals surface area contributed by atoms with Crippen LogP contribution in [0.15, 0.2) is 65.3 Å². The first-order valence-corrected chi connectivity index (χ1v) is 9.99. The number of cyclic esters (lactones) is 1. The van der Waals surface area contributed by atoms with Gasteiger partial charge in [-0.15, -0.1) is 0 Å². The van der Waals surface area contributed by atoms with Gasteiger partial charge >= 0.3 is 5.97 Å². The molecule has 0 unspecified atom stereocenters. The van der Waals surface area contributed by atoms with Gasteiger partial charge in [0, 0.05) is 5.56 Å². The van der Waals surface area contributed by atoms with Crippen LogP contribution in [-0.2, 0) is 9.53 Å². The first-order chi connectivity index (χ1) is 14.6. The zero-order valence-electron chi connectivity index (χ0n) is 16.6. The van der Waals surface area contributed by atoms with Crippen molar-refractivity contribution in [1.29, 1.82) is 0 Å². The minimum Gasteiger partial charge on any atom is -0.493 e. The second-order valence-electron chi connectivity index (χ2n) is 6.78. The van der Waals surface area contributed by atoms with Gasteiger partial charge in [0.15, 0.2) is 17.2 Å². The number of nitrogens with zero attached hydrogens (tertiary/aromatic N) is 1. The Labute approximate surface area is 179 Å². The van der Waals surface area contributed by atoms with Crippen molar-refractivity contribution in [2.45, 2.75) is 13.3 Å². The topological polar surface area (TPSA) is 57.1 Å². The fourth-order valence-corrected chi connectivity index (χ4v) is 3.45. The van der Waals surface area contributed by atoms with Crippen LogP contribution >= 0.6 is 11.6 Å². The molecule has 3 aromatic carbocycles. The Bertz CT molecular complexity index is 1180. The molecule has 5 nitrogen and oxygen atoms in total. The standard InChI is InChI=1S/C24H20ClNO4/c1-3-10-29-22-19(25)11-15(13-21(22)28-2)12-20-24(27)30-23(26-20)18-9-8-16-6-4-5-7-17(16)14-18/h4-9,11-14H,3,10H2,1-2H3/b20-12-. The minimum absolute atomic E-state index is 0.193. The molecule has 6 heteroatoms. The quantitative estimate of drug-likeness (QED) is 0.382. The van der Waals surface area contributed by atoms with Crippen LogP contribution in [0.3, 0.4) is 0 Å². The van der Waals surface area contributed by atoms with Gasteiger partial charge in [-0.2, -0.15) is 0 Å². The summed E-state index contributed by atoms with van der Waals surface area (Å²) in [6, 6.07) is 17.2. The lowest BCUT2D eigenvalue weighted by atomic mass is 10.1. The third-order valence-electron chi connectivity index (χ3n) is 4.62. The first-order valence-electron chi connectivity index (χ1n) is 9.61. The van der Waals surface area contributed by atoms with E-state index in [1.807, 2.05) is 49.4 Å². The van der Waals surface area contributed by atoms with Crippen LogP contribution in [0.4, 0.5) is 0 Å². The number of carbonyl (C=O) groups is 1.